The topological polar surface area (TPSA) is 24.1 Å². The number of benzene rings is 6. The minimum absolute atomic E-state index is 1.08. The molecule has 0 spiro atoms. The Morgan fingerprint density at radius 3 is 1.21 bits per heavy atom. The molecule has 0 unspecified atom stereocenters. The van der Waals surface area contributed by atoms with Crippen LogP contribution in [0.25, 0.3) is 32.3 Å². The predicted octanol–water partition coefficient (Wildman–Crippen LogP) is 10.2. The molecule has 166 valence electrons. The van der Waals surface area contributed by atoms with E-state index in [1.54, 1.807) is 0 Å². The van der Waals surface area contributed by atoms with Crippen molar-refractivity contribution in [3.63, 3.8) is 0 Å². The lowest BCUT2D eigenvalue weighted by Crippen LogP contribution is -1.96. The molecule has 0 aliphatic carbocycles. The van der Waals surface area contributed by atoms with Gasteiger partial charge >= 0.3 is 0 Å². The van der Waals surface area contributed by atoms with Crippen molar-refractivity contribution in [3.05, 3.63) is 105 Å². The van der Waals surface area contributed by atoms with Crippen LogP contribution in [0.5, 0.6) is 0 Å². The van der Waals surface area contributed by atoms with Gasteiger partial charge in [-0.1, -0.05) is 91.5 Å². The number of aryl methyl sites for hydroxylation is 2. The summed E-state index contributed by atoms with van der Waals surface area (Å²) in [7, 11) is 0. The highest BCUT2D eigenvalue weighted by Crippen LogP contribution is 2.46. The van der Waals surface area contributed by atoms with Crippen LogP contribution in [0.1, 0.15) is 11.1 Å². The van der Waals surface area contributed by atoms with E-state index < -0.39 is 0 Å². The van der Waals surface area contributed by atoms with Crippen molar-refractivity contribution in [2.45, 2.75) is 13.8 Å². The van der Waals surface area contributed by atoms with Crippen molar-refractivity contribution in [2.24, 2.45) is 0 Å². The first-order valence-corrected chi connectivity index (χ1v) is 12.8. The Hall–Kier alpha value is -3.08. The molecule has 0 aliphatic rings. The first-order chi connectivity index (χ1) is 16.5. The first kappa shape index (κ1) is 21.5. The number of nitrogens with one attached hydrogen (secondary N) is 2. The van der Waals surface area contributed by atoms with E-state index in [9.17, 15) is 0 Å². The molecular formula is C30H22Br2N2. The van der Waals surface area contributed by atoms with Gasteiger partial charge in [0.1, 0.15) is 0 Å². The number of anilines is 4. The molecule has 0 heterocycles. The third kappa shape index (κ3) is 3.62. The van der Waals surface area contributed by atoms with Crippen LogP contribution in [0, 0.1) is 13.8 Å². The zero-order chi connectivity index (χ0) is 23.4. The van der Waals surface area contributed by atoms with Gasteiger partial charge in [0.05, 0.1) is 0 Å². The van der Waals surface area contributed by atoms with E-state index in [2.05, 4.69) is 141 Å². The molecule has 0 atom stereocenters. The molecule has 0 bridgehead atoms. The summed E-state index contributed by atoms with van der Waals surface area (Å²) in [6.45, 7) is 4.22. The summed E-state index contributed by atoms with van der Waals surface area (Å²) >= 11 is 7.69. The second kappa shape index (κ2) is 8.30. The Morgan fingerprint density at radius 1 is 0.471 bits per heavy atom. The SMILES string of the molecule is Cc1ccc(Nc2cc(Br)c3ccc4c(Nc5ccc(C)cc5)cc(Br)c5ccc2c3c54)cc1. The largest absolute Gasteiger partial charge is 0.355 e. The second-order valence-electron chi connectivity index (χ2n) is 8.87. The molecule has 0 amide bonds. The Kier molecular flexibility index (Phi) is 5.23. The van der Waals surface area contributed by atoms with Crippen LogP contribution in [0.3, 0.4) is 0 Å². The van der Waals surface area contributed by atoms with E-state index in [0.29, 0.717) is 0 Å². The normalized spacial score (nSPS) is 11.5. The zero-order valence-electron chi connectivity index (χ0n) is 18.8. The van der Waals surface area contributed by atoms with Gasteiger partial charge in [0, 0.05) is 53.2 Å². The molecule has 4 heteroatoms. The van der Waals surface area contributed by atoms with E-state index in [1.807, 2.05) is 0 Å². The summed E-state index contributed by atoms with van der Waals surface area (Å²) in [6, 6.07) is 30.3. The van der Waals surface area contributed by atoms with E-state index in [1.165, 1.54) is 43.4 Å². The zero-order valence-corrected chi connectivity index (χ0v) is 22.0. The van der Waals surface area contributed by atoms with Crippen molar-refractivity contribution in [1.82, 2.24) is 0 Å². The van der Waals surface area contributed by atoms with Crippen molar-refractivity contribution in [1.29, 1.82) is 0 Å². The molecule has 0 aliphatic heterocycles. The Balaban J connectivity index is 1.59. The summed E-state index contributed by atoms with van der Waals surface area (Å²) in [5.74, 6) is 0. The van der Waals surface area contributed by atoms with Crippen molar-refractivity contribution in [2.75, 3.05) is 10.6 Å². The monoisotopic (exact) mass is 568 g/mol. The predicted molar refractivity (Wildman–Crippen MR) is 154 cm³/mol. The molecule has 0 radical (unpaired) electrons. The summed E-state index contributed by atoms with van der Waals surface area (Å²) in [6.07, 6.45) is 0. The smallest absolute Gasteiger partial charge is 0.0475 e. The standard InChI is InChI=1S/C30H22Br2N2/c1-17-3-7-19(8-4-17)33-27-15-25(31)21-12-14-24-28(34-20-9-5-18(2)6-10-20)16-26(32)22-11-13-23(27)29(21)30(22)24/h3-16,33-34H,1-2H3. The Bertz CT molecular complexity index is 1540. The first-order valence-electron chi connectivity index (χ1n) is 11.2. The molecule has 0 saturated carbocycles. The molecule has 0 aromatic heterocycles. The molecule has 6 rings (SSSR count). The third-order valence-electron chi connectivity index (χ3n) is 6.46. The van der Waals surface area contributed by atoms with Crippen molar-refractivity contribution < 1.29 is 0 Å². The Morgan fingerprint density at radius 2 is 0.824 bits per heavy atom. The maximum atomic E-state index is 3.85. The minimum Gasteiger partial charge on any atom is -0.355 e. The maximum absolute atomic E-state index is 3.85. The van der Waals surface area contributed by atoms with Crippen LogP contribution in [0.4, 0.5) is 22.7 Å². The lowest BCUT2D eigenvalue weighted by Gasteiger charge is -2.19. The van der Waals surface area contributed by atoms with E-state index >= 15 is 0 Å². The third-order valence-corrected chi connectivity index (χ3v) is 7.77. The molecule has 0 saturated heterocycles. The minimum atomic E-state index is 1.08. The van der Waals surface area contributed by atoms with Gasteiger partial charge in [-0.2, -0.15) is 0 Å². The number of hydrogen-bond donors (Lipinski definition) is 2. The Labute approximate surface area is 215 Å². The van der Waals surface area contributed by atoms with E-state index in [-0.39, 0.29) is 0 Å². The van der Waals surface area contributed by atoms with Gasteiger partial charge in [-0.3, -0.25) is 0 Å². The van der Waals surface area contributed by atoms with Crippen LogP contribution < -0.4 is 10.6 Å². The second-order valence-corrected chi connectivity index (χ2v) is 10.6. The molecule has 6 aromatic carbocycles. The molecule has 2 N–H and O–H groups in total. The molecular weight excluding hydrogens is 548 g/mol. The fraction of sp³-hybridized carbons (Fsp3) is 0.0667. The fourth-order valence-electron chi connectivity index (χ4n) is 4.70. The highest BCUT2D eigenvalue weighted by Gasteiger charge is 2.17. The average molecular weight is 570 g/mol. The van der Waals surface area contributed by atoms with Crippen LogP contribution in [0.2, 0.25) is 0 Å². The quantitative estimate of drug-likeness (QED) is 0.206. The summed E-state index contributed by atoms with van der Waals surface area (Å²) < 4.78 is 2.16. The number of rotatable bonds is 4. The van der Waals surface area contributed by atoms with Crippen LogP contribution >= 0.6 is 31.9 Å². The summed E-state index contributed by atoms with van der Waals surface area (Å²) in [4.78, 5) is 0. The van der Waals surface area contributed by atoms with Crippen LogP contribution in [-0.2, 0) is 0 Å². The van der Waals surface area contributed by atoms with E-state index in [4.69, 9.17) is 0 Å². The van der Waals surface area contributed by atoms with Gasteiger partial charge in [0.2, 0.25) is 0 Å². The van der Waals surface area contributed by atoms with Gasteiger partial charge in [-0.15, -0.1) is 0 Å². The van der Waals surface area contributed by atoms with E-state index in [0.717, 1.165) is 31.7 Å². The lowest BCUT2D eigenvalue weighted by molar-refractivity contribution is 1.46. The average Bonchev–Trinajstić information content (AvgIpc) is 2.83. The van der Waals surface area contributed by atoms with Gasteiger partial charge in [0.15, 0.2) is 0 Å². The highest BCUT2D eigenvalue weighted by atomic mass is 79.9. The molecule has 34 heavy (non-hydrogen) atoms. The number of halogens is 2. The van der Waals surface area contributed by atoms with Gasteiger partial charge in [-0.05, 0) is 61.0 Å². The lowest BCUT2D eigenvalue weighted by atomic mass is 9.92. The molecule has 6 aromatic rings. The van der Waals surface area contributed by atoms with Crippen molar-refractivity contribution >= 4 is 86.9 Å². The van der Waals surface area contributed by atoms with Gasteiger partial charge < -0.3 is 10.6 Å². The van der Waals surface area contributed by atoms with Crippen LogP contribution in [-0.4, -0.2) is 0 Å². The van der Waals surface area contributed by atoms with Crippen molar-refractivity contribution in [3.8, 4) is 0 Å². The number of hydrogen-bond acceptors (Lipinski definition) is 2. The summed E-state index contributed by atoms with van der Waals surface area (Å²) in [5.41, 5.74) is 6.84. The highest BCUT2D eigenvalue weighted by molar-refractivity contribution is 9.11. The molecule has 2 nitrogen and oxygen atoms in total. The van der Waals surface area contributed by atoms with Gasteiger partial charge in [-0.25, -0.2) is 0 Å². The fourth-order valence-corrected chi connectivity index (χ4v) is 5.82. The summed E-state index contributed by atoms with van der Waals surface area (Å²) in [5, 5.41) is 14.6. The van der Waals surface area contributed by atoms with Gasteiger partial charge in [0.25, 0.3) is 0 Å². The molecule has 0 fully saturated rings. The van der Waals surface area contributed by atoms with Crippen LogP contribution in [0.15, 0.2) is 93.9 Å². The maximum Gasteiger partial charge on any atom is 0.0475 e.